The summed E-state index contributed by atoms with van der Waals surface area (Å²) in [6.07, 6.45) is 3.61. The number of hydrogen-bond acceptors (Lipinski definition) is 9. The molecule has 10 heteroatoms. The van der Waals surface area contributed by atoms with Crippen molar-refractivity contribution in [1.82, 2.24) is 25.8 Å². The van der Waals surface area contributed by atoms with Gasteiger partial charge in [-0.2, -0.15) is 0 Å². The highest BCUT2D eigenvalue weighted by Gasteiger charge is 2.39. The summed E-state index contributed by atoms with van der Waals surface area (Å²) >= 11 is 0. The zero-order chi connectivity index (χ0) is 23.5. The Morgan fingerprint density at radius 2 is 2.06 bits per heavy atom. The molecular formula is C24H33N7O3. The van der Waals surface area contributed by atoms with Gasteiger partial charge in [0.15, 0.2) is 0 Å². The van der Waals surface area contributed by atoms with Crippen LogP contribution < -0.4 is 21.3 Å². The van der Waals surface area contributed by atoms with Crippen LogP contribution in [0.15, 0.2) is 47.4 Å². The molecule has 0 aliphatic carbocycles. The SMILES string of the molecule is CC(C)C1C(=O)NCCN1C1NC=C(c2cccc(NC3=NCC=C(N4CCOCC4)N3)c2)O1. The van der Waals surface area contributed by atoms with Gasteiger partial charge in [0.1, 0.15) is 11.6 Å². The number of guanidine groups is 1. The average molecular weight is 468 g/mol. The van der Waals surface area contributed by atoms with Crippen LogP contribution in [0.4, 0.5) is 5.69 Å². The lowest BCUT2D eigenvalue weighted by Crippen LogP contribution is -2.62. The molecule has 182 valence electrons. The Labute approximate surface area is 200 Å². The van der Waals surface area contributed by atoms with Crippen LogP contribution in [0, 0.1) is 5.92 Å². The largest absolute Gasteiger partial charge is 0.455 e. The van der Waals surface area contributed by atoms with Gasteiger partial charge >= 0.3 is 0 Å². The maximum atomic E-state index is 12.4. The molecule has 2 saturated heterocycles. The van der Waals surface area contributed by atoms with Gasteiger partial charge in [-0.15, -0.1) is 0 Å². The third kappa shape index (κ3) is 4.83. The van der Waals surface area contributed by atoms with Gasteiger partial charge in [-0.25, -0.2) is 9.89 Å². The van der Waals surface area contributed by atoms with Crippen molar-refractivity contribution in [3.05, 3.63) is 47.9 Å². The van der Waals surface area contributed by atoms with Gasteiger partial charge in [0.05, 0.1) is 25.8 Å². The van der Waals surface area contributed by atoms with Crippen LogP contribution in [0.5, 0.6) is 0 Å². The summed E-state index contributed by atoms with van der Waals surface area (Å²) in [7, 11) is 0. The molecular weight excluding hydrogens is 434 g/mol. The van der Waals surface area contributed by atoms with Crippen LogP contribution in [-0.2, 0) is 14.3 Å². The quantitative estimate of drug-likeness (QED) is 0.507. The summed E-state index contributed by atoms with van der Waals surface area (Å²) in [5.41, 5.74) is 1.86. The maximum Gasteiger partial charge on any atom is 0.237 e. The monoisotopic (exact) mass is 467 g/mol. The lowest BCUT2D eigenvalue weighted by atomic mass is 10.00. The molecule has 1 amide bonds. The standard InChI is InChI=1S/C24H33N7O3/c1-16(2)21-22(32)25-8-9-31(21)24-27-15-19(34-24)17-4-3-5-18(14-17)28-23-26-7-6-20(29-23)30-10-12-33-13-11-30/h3-6,14-16,21,24,27H,7-13H2,1-2H3,(H,25,32)(H2,26,28,29). The van der Waals surface area contributed by atoms with Crippen molar-refractivity contribution < 1.29 is 14.3 Å². The minimum Gasteiger partial charge on any atom is -0.455 e. The highest BCUT2D eigenvalue weighted by molar-refractivity contribution is 5.95. The number of hydrogen-bond donors (Lipinski definition) is 4. The number of nitrogens with one attached hydrogen (secondary N) is 4. The van der Waals surface area contributed by atoms with Crippen LogP contribution in [0.2, 0.25) is 0 Å². The van der Waals surface area contributed by atoms with E-state index in [1.165, 1.54) is 0 Å². The predicted molar refractivity (Wildman–Crippen MR) is 130 cm³/mol. The van der Waals surface area contributed by atoms with Crippen LogP contribution in [0.25, 0.3) is 5.76 Å². The number of ether oxygens (including phenoxy) is 2. The third-order valence-corrected chi connectivity index (χ3v) is 6.37. The molecule has 34 heavy (non-hydrogen) atoms. The van der Waals surface area contributed by atoms with Gasteiger partial charge in [0.2, 0.25) is 18.2 Å². The number of aliphatic imine (C=N–C) groups is 1. The topological polar surface area (TPSA) is 102 Å². The number of amides is 1. The maximum absolute atomic E-state index is 12.4. The number of benzene rings is 1. The van der Waals surface area contributed by atoms with Crippen molar-refractivity contribution in [1.29, 1.82) is 0 Å². The minimum atomic E-state index is -0.365. The fourth-order valence-electron chi connectivity index (χ4n) is 4.71. The van der Waals surface area contributed by atoms with Gasteiger partial charge in [-0.3, -0.25) is 4.79 Å². The Balaban J connectivity index is 1.22. The number of rotatable bonds is 5. The number of carbonyl (C=O) groups is 1. The fourth-order valence-corrected chi connectivity index (χ4v) is 4.71. The molecule has 4 heterocycles. The number of morpholine rings is 1. The molecule has 1 aromatic rings. The van der Waals surface area contributed by atoms with Crippen LogP contribution in [-0.4, -0.2) is 80.0 Å². The van der Waals surface area contributed by atoms with E-state index in [1.54, 1.807) is 0 Å². The Morgan fingerprint density at radius 3 is 2.88 bits per heavy atom. The van der Waals surface area contributed by atoms with Gasteiger partial charge in [0, 0.05) is 43.6 Å². The fraction of sp³-hybridized carbons (Fsp3) is 0.500. The first kappa shape index (κ1) is 22.5. The minimum absolute atomic E-state index is 0.0533. The summed E-state index contributed by atoms with van der Waals surface area (Å²) in [5.74, 6) is 2.77. The zero-order valence-electron chi connectivity index (χ0n) is 19.7. The van der Waals surface area contributed by atoms with Crippen molar-refractivity contribution in [3.8, 4) is 0 Å². The Bertz CT molecular complexity index is 1000. The van der Waals surface area contributed by atoms with Crippen LogP contribution >= 0.6 is 0 Å². The van der Waals surface area contributed by atoms with E-state index in [2.05, 4.69) is 56.0 Å². The lowest BCUT2D eigenvalue weighted by Gasteiger charge is -2.40. The first-order chi connectivity index (χ1) is 16.6. The summed E-state index contributed by atoms with van der Waals surface area (Å²) in [5, 5.41) is 13.1. The summed E-state index contributed by atoms with van der Waals surface area (Å²) in [4.78, 5) is 21.4. The van der Waals surface area contributed by atoms with E-state index in [4.69, 9.17) is 9.47 Å². The first-order valence-electron chi connectivity index (χ1n) is 12.0. The molecule has 1 aromatic carbocycles. The molecule has 4 N–H and O–H groups in total. The molecule has 10 nitrogen and oxygen atoms in total. The molecule has 4 aliphatic rings. The molecule has 2 unspecified atom stereocenters. The highest BCUT2D eigenvalue weighted by atomic mass is 16.5. The molecule has 0 saturated carbocycles. The molecule has 0 spiro atoms. The Kier molecular flexibility index (Phi) is 6.59. The molecule has 5 rings (SSSR count). The predicted octanol–water partition coefficient (Wildman–Crippen LogP) is 0.890. The van der Waals surface area contributed by atoms with Crippen molar-refractivity contribution in [2.75, 3.05) is 51.3 Å². The summed E-state index contributed by atoms with van der Waals surface area (Å²) in [6.45, 7) is 9.33. The Morgan fingerprint density at radius 1 is 1.21 bits per heavy atom. The normalized spacial score (nSPS) is 25.4. The Hall–Kier alpha value is -3.24. The number of nitrogens with zero attached hydrogens (tertiary/aromatic N) is 3. The molecule has 0 aromatic heterocycles. The van der Waals surface area contributed by atoms with Crippen LogP contribution in [0.1, 0.15) is 19.4 Å². The molecule has 2 fully saturated rings. The number of anilines is 1. The molecule has 4 aliphatic heterocycles. The van der Waals surface area contributed by atoms with E-state index in [1.807, 2.05) is 30.5 Å². The second-order valence-electron chi connectivity index (χ2n) is 9.07. The lowest BCUT2D eigenvalue weighted by molar-refractivity contribution is -0.138. The van der Waals surface area contributed by atoms with E-state index in [0.717, 1.165) is 61.6 Å². The van der Waals surface area contributed by atoms with Gasteiger partial charge in [-0.05, 0) is 24.1 Å². The molecule has 0 bridgehead atoms. The summed E-state index contributed by atoms with van der Waals surface area (Å²) in [6, 6.07) is 7.82. The van der Waals surface area contributed by atoms with E-state index < -0.39 is 0 Å². The van der Waals surface area contributed by atoms with Crippen molar-refractivity contribution in [2.45, 2.75) is 26.2 Å². The number of carbonyl (C=O) groups excluding carboxylic acids is 1. The van der Waals surface area contributed by atoms with E-state index in [-0.39, 0.29) is 24.2 Å². The van der Waals surface area contributed by atoms with Gasteiger partial charge in [-0.1, -0.05) is 26.0 Å². The van der Waals surface area contributed by atoms with Crippen molar-refractivity contribution in [3.63, 3.8) is 0 Å². The van der Waals surface area contributed by atoms with Gasteiger partial charge in [0.25, 0.3) is 0 Å². The van der Waals surface area contributed by atoms with Crippen molar-refractivity contribution >= 4 is 23.3 Å². The van der Waals surface area contributed by atoms with E-state index in [0.29, 0.717) is 13.1 Å². The number of piperazine rings is 1. The van der Waals surface area contributed by atoms with Crippen molar-refractivity contribution in [2.24, 2.45) is 10.9 Å². The van der Waals surface area contributed by atoms with Crippen LogP contribution in [0.3, 0.4) is 0 Å². The first-order valence-corrected chi connectivity index (χ1v) is 12.0. The average Bonchev–Trinajstić information content (AvgIpc) is 3.35. The smallest absolute Gasteiger partial charge is 0.237 e. The van der Waals surface area contributed by atoms with Gasteiger partial charge < -0.3 is 35.6 Å². The summed E-state index contributed by atoms with van der Waals surface area (Å²) < 4.78 is 11.7. The molecule has 2 atom stereocenters. The third-order valence-electron chi connectivity index (χ3n) is 6.37. The zero-order valence-corrected chi connectivity index (χ0v) is 19.7. The highest BCUT2D eigenvalue weighted by Crippen LogP contribution is 2.27. The van der Waals surface area contributed by atoms with E-state index >= 15 is 0 Å². The second-order valence-corrected chi connectivity index (χ2v) is 9.07. The molecule has 0 radical (unpaired) electrons. The van der Waals surface area contributed by atoms with E-state index in [9.17, 15) is 4.79 Å². The second kappa shape index (κ2) is 9.94.